The van der Waals surface area contributed by atoms with E-state index < -0.39 is 12.0 Å². The number of carbonyl (C=O) groups is 1. The summed E-state index contributed by atoms with van der Waals surface area (Å²) >= 11 is 3.31. The molecule has 0 bridgehead atoms. The van der Waals surface area contributed by atoms with Gasteiger partial charge in [0.05, 0.1) is 0 Å². The number of rotatable bonds is 8. The van der Waals surface area contributed by atoms with Crippen LogP contribution < -0.4 is 4.74 Å². The Hall–Kier alpha value is -1.43. The lowest BCUT2D eigenvalue weighted by atomic mass is 10.1. The second-order valence-corrected chi connectivity index (χ2v) is 5.33. The number of esters is 1. The predicted octanol–water partition coefficient (Wildman–Crippen LogP) is 4.71. The molecule has 0 N–H and O–H groups in total. The zero-order valence-corrected chi connectivity index (χ0v) is 13.3. The van der Waals surface area contributed by atoms with E-state index in [2.05, 4.69) is 15.9 Å². The van der Waals surface area contributed by atoms with Crippen molar-refractivity contribution in [1.29, 1.82) is 0 Å². The molecule has 0 unspecified atom stereocenters. The van der Waals surface area contributed by atoms with Crippen LogP contribution in [0.15, 0.2) is 40.4 Å². The summed E-state index contributed by atoms with van der Waals surface area (Å²) in [6, 6.07) is 7.29. The zero-order chi connectivity index (χ0) is 15.7. The summed E-state index contributed by atoms with van der Waals surface area (Å²) in [5, 5.41) is 0. The van der Waals surface area contributed by atoms with Crippen LogP contribution >= 0.6 is 15.9 Å². The van der Waals surface area contributed by atoms with E-state index in [4.69, 9.17) is 9.47 Å². The quantitative estimate of drug-likeness (QED) is 0.496. The van der Waals surface area contributed by atoms with Crippen molar-refractivity contribution in [2.75, 3.05) is 13.2 Å². The predicted molar refractivity (Wildman–Crippen MR) is 79.4 cm³/mol. The summed E-state index contributed by atoms with van der Waals surface area (Å²) in [6.07, 6.45) is -0.989. The molecule has 6 heteroatoms. The van der Waals surface area contributed by atoms with Crippen LogP contribution in [0.4, 0.5) is 8.78 Å². The normalized spacial score (nSPS) is 10.1. The largest absolute Gasteiger partial charge is 0.490 e. The van der Waals surface area contributed by atoms with Crippen molar-refractivity contribution in [3.8, 4) is 5.75 Å². The second kappa shape index (κ2) is 9.50. The fraction of sp³-hybridized carbons (Fsp3) is 0.400. The Labute approximate surface area is 131 Å². The maximum absolute atomic E-state index is 12.1. The van der Waals surface area contributed by atoms with Gasteiger partial charge in [0.1, 0.15) is 19.0 Å². The molecular weight excluding hydrogens is 346 g/mol. The number of carbonyl (C=O) groups excluding carboxylic acids is 1. The first-order valence-electron chi connectivity index (χ1n) is 6.54. The monoisotopic (exact) mass is 362 g/mol. The molecule has 1 aromatic rings. The number of benzene rings is 1. The van der Waals surface area contributed by atoms with Crippen molar-refractivity contribution in [1.82, 2.24) is 0 Å². The number of ether oxygens (including phenoxy) is 2. The van der Waals surface area contributed by atoms with E-state index in [0.29, 0.717) is 12.2 Å². The summed E-state index contributed by atoms with van der Waals surface area (Å²) in [7, 11) is 0. The average Bonchev–Trinajstić information content (AvgIpc) is 2.45. The van der Waals surface area contributed by atoms with E-state index in [-0.39, 0.29) is 31.6 Å². The average molecular weight is 363 g/mol. The van der Waals surface area contributed by atoms with Gasteiger partial charge in [0.25, 0.3) is 6.08 Å². The van der Waals surface area contributed by atoms with Crippen molar-refractivity contribution in [2.24, 2.45) is 0 Å². The molecule has 0 saturated carbocycles. The third-order valence-electron chi connectivity index (χ3n) is 2.68. The van der Waals surface area contributed by atoms with Gasteiger partial charge >= 0.3 is 5.97 Å². The van der Waals surface area contributed by atoms with Crippen molar-refractivity contribution in [2.45, 2.75) is 26.2 Å². The molecule has 0 aromatic heterocycles. The smallest absolute Gasteiger partial charge is 0.305 e. The Bertz CT molecular complexity index is 482. The van der Waals surface area contributed by atoms with Gasteiger partial charge in [-0.15, -0.1) is 0 Å². The molecule has 0 saturated heterocycles. The highest BCUT2D eigenvalue weighted by Gasteiger charge is 2.05. The summed E-state index contributed by atoms with van der Waals surface area (Å²) < 4.78 is 35.6. The molecule has 0 spiro atoms. The first-order valence-corrected chi connectivity index (χ1v) is 7.33. The Morgan fingerprint density at radius 2 is 1.81 bits per heavy atom. The van der Waals surface area contributed by atoms with E-state index >= 15 is 0 Å². The van der Waals surface area contributed by atoms with Crippen LogP contribution in [-0.2, 0) is 9.53 Å². The molecule has 21 heavy (non-hydrogen) atoms. The van der Waals surface area contributed by atoms with Crippen LogP contribution in [0.5, 0.6) is 5.75 Å². The third-order valence-corrected chi connectivity index (χ3v) is 3.21. The number of hydrogen-bond acceptors (Lipinski definition) is 3. The van der Waals surface area contributed by atoms with E-state index in [1.165, 1.54) is 6.92 Å². The van der Waals surface area contributed by atoms with Gasteiger partial charge in [0.15, 0.2) is 0 Å². The fourth-order valence-corrected chi connectivity index (χ4v) is 1.77. The van der Waals surface area contributed by atoms with Crippen LogP contribution in [0, 0.1) is 0 Å². The summed E-state index contributed by atoms with van der Waals surface area (Å²) in [5.41, 5.74) is 0.0152. The highest BCUT2D eigenvalue weighted by atomic mass is 79.9. The van der Waals surface area contributed by atoms with Gasteiger partial charge in [-0.05, 0) is 49.6 Å². The SMILES string of the molecule is CC(CCCC(=O)OCCOc1ccc(Br)cc1)=C(F)F. The Kier molecular flexibility index (Phi) is 7.97. The van der Waals surface area contributed by atoms with Crippen LogP contribution in [-0.4, -0.2) is 19.2 Å². The molecular formula is C15H17BrF2O3. The van der Waals surface area contributed by atoms with E-state index in [1.54, 1.807) is 12.1 Å². The molecule has 1 rings (SSSR count). The number of halogens is 3. The lowest BCUT2D eigenvalue weighted by molar-refractivity contribution is -0.144. The van der Waals surface area contributed by atoms with Crippen molar-refractivity contribution >= 4 is 21.9 Å². The van der Waals surface area contributed by atoms with Gasteiger partial charge in [0, 0.05) is 10.9 Å². The zero-order valence-electron chi connectivity index (χ0n) is 11.7. The highest BCUT2D eigenvalue weighted by Crippen LogP contribution is 2.16. The van der Waals surface area contributed by atoms with Gasteiger partial charge in [-0.3, -0.25) is 4.79 Å². The minimum absolute atomic E-state index is 0.0152. The molecule has 0 amide bonds. The Balaban J connectivity index is 2.11. The molecule has 116 valence electrons. The number of hydrogen-bond donors (Lipinski definition) is 0. The second-order valence-electron chi connectivity index (χ2n) is 4.42. The maximum atomic E-state index is 12.1. The van der Waals surface area contributed by atoms with Crippen LogP contribution in [0.1, 0.15) is 26.2 Å². The van der Waals surface area contributed by atoms with Crippen molar-refractivity contribution in [3.63, 3.8) is 0 Å². The minimum Gasteiger partial charge on any atom is -0.490 e. The first kappa shape index (κ1) is 17.6. The topological polar surface area (TPSA) is 35.5 Å². The van der Waals surface area contributed by atoms with Gasteiger partial charge in [-0.25, -0.2) is 0 Å². The molecule has 0 aliphatic heterocycles. The van der Waals surface area contributed by atoms with Crippen LogP contribution in [0.2, 0.25) is 0 Å². The third kappa shape index (κ3) is 7.80. The first-order chi connectivity index (χ1) is 9.99. The molecule has 0 heterocycles. The molecule has 0 aliphatic rings. The summed E-state index contributed by atoms with van der Waals surface area (Å²) in [5.74, 6) is 0.287. The lowest BCUT2D eigenvalue weighted by Crippen LogP contribution is -2.12. The molecule has 0 aliphatic carbocycles. The van der Waals surface area contributed by atoms with E-state index in [9.17, 15) is 13.6 Å². The molecule has 0 fully saturated rings. The van der Waals surface area contributed by atoms with E-state index in [1.807, 2.05) is 12.1 Å². The Morgan fingerprint density at radius 1 is 1.14 bits per heavy atom. The standard InChI is InChI=1S/C15H17BrF2O3/c1-11(15(17)18)3-2-4-14(19)21-10-9-20-13-7-5-12(16)6-8-13/h5-8H,2-4,9-10H2,1H3. The molecule has 3 nitrogen and oxygen atoms in total. The minimum atomic E-state index is -1.67. The molecule has 0 atom stereocenters. The van der Waals surface area contributed by atoms with Gasteiger partial charge in [-0.2, -0.15) is 8.78 Å². The highest BCUT2D eigenvalue weighted by molar-refractivity contribution is 9.10. The lowest BCUT2D eigenvalue weighted by Gasteiger charge is -2.07. The summed E-state index contributed by atoms with van der Waals surface area (Å²) in [4.78, 5) is 11.4. The molecule has 0 radical (unpaired) electrons. The summed E-state index contributed by atoms with van der Waals surface area (Å²) in [6.45, 7) is 1.75. The van der Waals surface area contributed by atoms with Crippen LogP contribution in [0.25, 0.3) is 0 Å². The number of allylic oxidation sites excluding steroid dienone is 1. The maximum Gasteiger partial charge on any atom is 0.305 e. The fourth-order valence-electron chi connectivity index (χ4n) is 1.51. The van der Waals surface area contributed by atoms with Gasteiger partial charge in [0.2, 0.25) is 0 Å². The van der Waals surface area contributed by atoms with Crippen molar-refractivity contribution < 1.29 is 23.0 Å². The molecule has 1 aromatic carbocycles. The van der Waals surface area contributed by atoms with Crippen molar-refractivity contribution in [3.05, 3.63) is 40.4 Å². The Morgan fingerprint density at radius 3 is 2.43 bits per heavy atom. The van der Waals surface area contributed by atoms with Gasteiger partial charge < -0.3 is 9.47 Å². The van der Waals surface area contributed by atoms with E-state index in [0.717, 1.165) is 4.47 Å². The van der Waals surface area contributed by atoms with Crippen LogP contribution in [0.3, 0.4) is 0 Å². The van der Waals surface area contributed by atoms with Gasteiger partial charge in [-0.1, -0.05) is 15.9 Å².